The molecule has 0 amide bonds. The van der Waals surface area contributed by atoms with Gasteiger partial charge < -0.3 is 19.7 Å². The van der Waals surface area contributed by atoms with Crippen LogP contribution in [0.15, 0.2) is 24.3 Å². The highest BCUT2D eigenvalue weighted by Crippen LogP contribution is 2.34. The van der Waals surface area contributed by atoms with Crippen LogP contribution in [0.5, 0.6) is 5.75 Å². The Balaban J connectivity index is 2.32. The van der Waals surface area contributed by atoms with Crippen LogP contribution in [0.1, 0.15) is 13.3 Å². The molecule has 5 heteroatoms. The fourth-order valence-corrected chi connectivity index (χ4v) is 2.80. The van der Waals surface area contributed by atoms with Gasteiger partial charge >= 0.3 is 5.97 Å². The van der Waals surface area contributed by atoms with E-state index in [2.05, 4.69) is 17.1 Å². The third-order valence-electron chi connectivity index (χ3n) is 3.97. The molecule has 1 saturated heterocycles. The van der Waals surface area contributed by atoms with E-state index in [4.69, 9.17) is 9.47 Å². The zero-order valence-corrected chi connectivity index (χ0v) is 12.5. The van der Waals surface area contributed by atoms with Crippen LogP contribution in [-0.2, 0) is 9.53 Å². The summed E-state index contributed by atoms with van der Waals surface area (Å²) >= 11 is 0. The maximum absolute atomic E-state index is 12.3. The van der Waals surface area contributed by atoms with Gasteiger partial charge in [0, 0.05) is 12.6 Å². The highest BCUT2D eigenvalue weighted by molar-refractivity contribution is 5.86. The summed E-state index contributed by atoms with van der Waals surface area (Å²) in [6.07, 6.45) is 0.703. The van der Waals surface area contributed by atoms with Crippen LogP contribution in [-0.4, -0.2) is 50.3 Å². The number of rotatable bonds is 4. The van der Waals surface area contributed by atoms with Gasteiger partial charge in [-0.2, -0.15) is 0 Å². The zero-order chi connectivity index (χ0) is 14.8. The van der Waals surface area contributed by atoms with Crippen molar-refractivity contribution in [2.75, 3.05) is 33.1 Å². The molecule has 2 atom stereocenters. The summed E-state index contributed by atoms with van der Waals surface area (Å²) in [7, 11) is 5.06. The number of anilines is 1. The molecule has 1 aromatic carbocycles. The number of hydrogen-bond donors (Lipinski definition) is 1. The average molecular weight is 278 g/mol. The van der Waals surface area contributed by atoms with Gasteiger partial charge in [-0.1, -0.05) is 12.1 Å². The molecular formula is C15H22N2O3. The van der Waals surface area contributed by atoms with E-state index in [1.165, 1.54) is 7.11 Å². The minimum atomic E-state index is -0.725. The van der Waals surface area contributed by atoms with Crippen LogP contribution < -0.4 is 10.1 Å². The topological polar surface area (TPSA) is 50.8 Å². The minimum absolute atomic E-state index is 0.236. The van der Waals surface area contributed by atoms with Crippen molar-refractivity contribution in [3.05, 3.63) is 24.3 Å². The lowest BCUT2D eigenvalue weighted by molar-refractivity contribution is -0.145. The monoisotopic (exact) mass is 278 g/mol. The van der Waals surface area contributed by atoms with E-state index < -0.39 is 5.54 Å². The molecule has 20 heavy (non-hydrogen) atoms. The van der Waals surface area contributed by atoms with Crippen LogP contribution in [0.3, 0.4) is 0 Å². The SMILES string of the molecule is COC(=O)C1(Nc2ccccc2OC)CC(C)N(C)C1. The van der Waals surface area contributed by atoms with Crippen molar-refractivity contribution in [2.24, 2.45) is 0 Å². The van der Waals surface area contributed by atoms with E-state index in [-0.39, 0.29) is 5.97 Å². The van der Waals surface area contributed by atoms with Crippen molar-refractivity contribution in [1.82, 2.24) is 4.90 Å². The standard InChI is InChI=1S/C15H22N2O3/c1-11-9-15(10-17(11)2,14(18)20-4)16-12-7-5-6-8-13(12)19-3/h5-8,11,16H,9-10H2,1-4H3. The number of likely N-dealkylation sites (tertiary alicyclic amines) is 1. The Morgan fingerprint density at radius 3 is 2.65 bits per heavy atom. The maximum Gasteiger partial charge on any atom is 0.332 e. The van der Waals surface area contributed by atoms with Gasteiger partial charge in [0.15, 0.2) is 0 Å². The predicted octanol–water partition coefficient (Wildman–Crippen LogP) is 1.74. The zero-order valence-electron chi connectivity index (χ0n) is 12.5. The number of esters is 1. The first-order chi connectivity index (χ1) is 9.52. The predicted molar refractivity (Wildman–Crippen MR) is 78.1 cm³/mol. The Morgan fingerprint density at radius 2 is 2.10 bits per heavy atom. The lowest BCUT2D eigenvalue weighted by Crippen LogP contribution is -2.49. The van der Waals surface area contributed by atoms with Gasteiger partial charge in [-0.15, -0.1) is 0 Å². The van der Waals surface area contributed by atoms with E-state index in [0.29, 0.717) is 19.0 Å². The fraction of sp³-hybridized carbons (Fsp3) is 0.533. The molecule has 0 aliphatic carbocycles. The molecule has 1 heterocycles. The number of hydrogen-bond acceptors (Lipinski definition) is 5. The van der Waals surface area contributed by atoms with Crippen LogP contribution in [0.4, 0.5) is 5.69 Å². The fourth-order valence-electron chi connectivity index (χ4n) is 2.80. The van der Waals surface area contributed by atoms with Crippen molar-refractivity contribution in [2.45, 2.75) is 24.9 Å². The number of nitrogens with one attached hydrogen (secondary N) is 1. The number of benzene rings is 1. The van der Waals surface area contributed by atoms with E-state index in [0.717, 1.165) is 11.4 Å². The van der Waals surface area contributed by atoms with Crippen molar-refractivity contribution in [3.8, 4) is 5.75 Å². The summed E-state index contributed by atoms with van der Waals surface area (Å²) in [4.78, 5) is 14.4. The van der Waals surface area contributed by atoms with E-state index in [1.54, 1.807) is 7.11 Å². The number of nitrogens with zero attached hydrogens (tertiary/aromatic N) is 1. The second-order valence-electron chi connectivity index (χ2n) is 5.37. The number of carbonyl (C=O) groups is 1. The molecule has 1 N–H and O–H groups in total. The van der Waals surface area contributed by atoms with Crippen LogP contribution >= 0.6 is 0 Å². The molecule has 0 spiro atoms. The number of carbonyl (C=O) groups excluding carboxylic acids is 1. The molecule has 2 rings (SSSR count). The van der Waals surface area contributed by atoms with Gasteiger partial charge in [-0.25, -0.2) is 4.79 Å². The molecule has 0 aromatic heterocycles. The summed E-state index contributed by atoms with van der Waals surface area (Å²) in [6, 6.07) is 7.91. The van der Waals surface area contributed by atoms with Gasteiger partial charge in [0.2, 0.25) is 0 Å². The van der Waals surface area contributed by atoms with Crippen LogP contribution in [0, 0.1) is 0 Å². The first-order valence-corrected chi connectivity index (χ1v) is 6.72. The molecule has 1 aliphatic rings. The van der Waals surface area contributed by atoms with Crippen molar-refractivity contribution in [3.63, 3.8) is 0 Å². The second-order valence-corrected chi connectivity index (χ2v) is 5.37. The molecule has 110 valence electrons. The second kappa shape index (κ2) is 5.71. The molecule has 1 aromatic rings. The number of para-hydroxylation sites is 2. The van der Waals surface area contributed by atoms with Crippen molar-refractivity contribution in [1.29, 1.82) is 0 Å². The van der Waals surface area contributed by atoms with Gasteiger partial charge in [-0.05, 0) is 32.5 Å². The number of likely N-dealkylation sites (N-methyl/N-ethyl adjacent to an activating group) is 1. The highest BCUT2D eigenvalue weighted by atomic mass is 16.5. The third kappa shape index (κ3) is 2.58. The summed E-state index contributed by atoms with van der Waals surface area (Å²) < 4.78 is 10.4. The number of methoxy groups -OCH3 is 2. The lowest BCUT2D eigenvalue weighted by atomic mass is 9.95. The van der Waals surface area contributed by atoms with E-state index >= 15 is 0 Å². The van der Waals surface area contributed by atoms with Crippen molar-refractivity contribution >= 4 is 11.7 Å². The summed E-state index contributed by atoms with van der Waals surface area (Å²) in [6.45, 7) is 2.72. The molecular weight excluding hydrogens is 256 g/mol. The molecule has 1 aliphatic heterocycles. The molecule has 0 saturated carbocycles. The lowest BCUT2D eigenvalue weighted by Gasteiger charge is -2.29. The quantitative estimate of drug-likeness (QED) is 0.850. The third-order valence-corrected chi connectivity index (χ3v) is 3.97. The number of ether oxygens (including phenoxy) is 2. The van der Waals surface area contributed by atoms with E-state index in [9.17, 15) is 4.79 Å². The normalized spacial score (nSPS) is 26.3. The van der Waals surface area contributed by atoms with Crippen molar-refractivity contribution < 1.29 is 14.3 Å². The summed E-state index contributed by atoms with van der Waals surface area (Å²) in [5.74, 6) is 0.484. The summed E-state index contributed by atoms with van der Waals surface area (Å²) in [5, 5.41) is 3.34. The van der Waals surface area contributed by atoms with E-state index in [1.807, 2.05) is 31.3 Å². The highest BCUT2D eigenvalue weighted by Gasteiger charge is 2.48. The molecule has 1 fully saturated rings. The van der Waals surface area contributed by atoms with Gasteiger partial charge in [0.25, 0.3) is 0 Å². The molecule has 5 nitrogen and oxygen atoms in total. The molecule has 0 bridgehead atoms. The first-order valence-electron chi connectivity index (χ1n) is 6.72. The van der Waals surface area contributed by atoms with Crippen LogP contribution in [0.2, 0.25) is 0 Å². The first kappa shape index (κ1) is 14.7. The Kier molecular flexibility index (Phi) is 4.18. The van der Waals surface area contributed by atoms with Gasteiger partial charge in [-0.3, -0.25) is 0 Å². The smallest absolute Gasteiger partial charge is 0.332 e. The molecule has 2 unspecified atom stereocenters. The largest absolute Gasteiger partial charge is 0.495 e. The average Bonchev–Trinajstić information content (AvgIpc) is 2.74. The maximum atomic E-state index is 12.3. The Morgan fingerprint density at radius 1 is 1.40 bits per heavy atom. The Bertz CT molecular complexity index is 480. The van der Waals surface area contributed by atoms with Crippen LogP contribution in [0.25, 0.3) is 0 Å². The van der Waals surface area contributed by atoms with Gasteiger partial charge in [0.1, 0.15) is 11.3 Å². The molecule has 0 radical (unpaired) electrons. The Hall–Kier alpha value is -1.75. The Labute approximate surface area is 119 Å². The van der Waals surface area contributed by atoms with Gasteiger partial charge in [0.05, 0.1) is 19.9 Å². The summed E-state index contributed by atoms with van der Waals surface area (Å²) in [5.41, 5.74) is 0.0836. The minimum Gasteiger partial charge on any atom is -0.495 e.